The monoisotopic (exact) mass is 169 g/mol. The van der Waals surface area contributed by atoms with Crippen molar-refractivity contribution in [2.24, 2.45) is 0 Å². The topological polar surface area (TPSA) is 46.6 Å². The molecule has 1 saturated heterocycles. The summed E-state index contributed by atoms with van der Waals surface area (Å²) in [6, 6.07) is 0. The SMILES string of the molecule is O=S1(=O)COCCN1S. The third-order valence-corrected chi connectivity index (χ3v) is 3.22. The van der Waals surface area contributed by atoms with Gasteiger partial charge in [-0.1, -0.05) is 12.8 Å². The van der Waals surface area contributed by atoms with Gasteiger partial charge in [-0.25, -0.2) is 8.42 Å². The van der Waals surface area contributed by atoms with Gasteiger partial charge in [0.2, 0.25) is 10.0 Å². The van der Waals surface area contributed by atoms with Crippen LogP contribution in [0.4, 0.5) is 0 Å². The second-order valence-electron chi connectivity index (χ2n) is 1.68. The van der Waals surface area contributed by atoms with Gasteiger partial charge in [-0.2, -0.15) is 0 Å². The van der Waals surface area contributed by atoms with Crippen LogP contribution in [0.15, 0.2) is 0 Å². The molecule has 9 heavy (non-hydrogen) atoms. The fraction of sp³-hybridized carbons (Fsp3) is 1.00. The molecule has 0 N–H and O–H groups in total. The van der Waals surface area contributed by atoms with Gasteiger partial charge < -0.3 is 4.74 Å². The summed E-state index contributed by atoms with van der Waals surface area (Å²) in [6.45, 7) is 0.772. The lowest BCUT2D eigenvalue weighted by atomic mass is 10.7. The molecule has 4 nitrogen and oxygen atoms in total. The molecule has 0 aromatic carbocycles. The van der Waals surface area contributed by atoms with E-state index in [2.05, 4.69) is 17.6 Å². The maximum atomic E-state index is 10.7. The van der Waals surface area contributed by atoms with Crippen LogP contribution in [0, 0.1) is 0 Å². The van der Waals surface area contributed by atoms with Gasteiger partial charge in [0.25, 0.3) is 0 Å². The van der Waals surface area contributed by atoms with Gasteiger partial charge in [0, 0.05) is 6.54 Å². The van der Waals surface area contributed by atoms with Crippen LogP contribution in [-0.4, -0.2) is 31.2 Å². The van der Waals surface area contributed by atoms with E-state index in [4.69, 9.17) is 0 Å². The van der Waals surface area contributed by atoms with Crippen molar-refractivity contribution in [1.82, 2.24) is 3.71 Å². The summed E-state index contributed by atoms with van der Waals surface area (Å²) in [4.78, 5) is 0. The van der Waals surface area contributed by atoms with Crippen molar-refractivity contribution >= 4 is 22.8 Å². The molecule has 0 saturated carbocycles. The van der Waals surface area contributed by atoms with E-state index in [0.29, 0.717) is 13.2 Å². The van der Waals surface area contributed by atoms with Crippen molar-refractivity contribution in [1.29, 1.82) is 0 Å². The lowest BCUT2D eigenvalue weighted by Gasteiger charge is -2.20. The molecule has 0 unspecified atom stereocenters. The molecule has 1 aliphatic rings. The van der Waals surface area contributed by atoms with E-state index in [1.807, 2.05) is 0 Å². The van der Waals surface area contributed by atoms with E-state index < -0.39 is 10.0 Å². The third kappa shape index (κ3) is 1.57. The molecule has 1 fully saturated rings. The Morgan fingerprint density at radius 3 is 2.56 bits per heavy atom. The molecule has 0 radical (unpaired) electrons. The normalized spacial score (nSPS) is 28.1. The van der Waals surface area contributed by atoms with Gasteiger partial charge in [0.15, 0.2) is 5.94 Å². The number of ether oxygens (including phenoxy) is 1. The number of thiol groups is 1. The van der Waals surface area contributed by atoms with Crippen molar-refractivity contribution in [3.05, 3.63) is 0 Å². The van der Waals surface area contributed by atoms with E-state index in [0.717, 1.165) is 3.71 Å². The lowest BCUT2D eigenvalue weighted by Crippen LogP contribution is -2.34. The average Bonchev–Trinajstić information content (AvgIpc) is 1.77. The Labute approximate surface area is 59.4 Å². The molecule has 6 heteroatoms. The zero-order valence-corrected chi connectivity index (χ0v) is 6.36. The Morgan fingerprint density at radius 2 is 2.22 bits per heavy atom. The van der Waals surface area contributed by atoms with Crippen LogP contribution in [0.25, 0.3) is 0 Å². The Hall–Kier alpha value is 0.220. The van der Waals surface area contributed by atoms with Crippen LogP contribution in [-0.2, 0) is 14.8 Å². The van der Waals surface area contributed by atoms with Crippen molar-refractivity contribution < 1.29 is 13.2 Å². The number of sulfonamides is 1. The Bertz CT molecular complexity index is 187. The quantitative estimate of drug-likeness (QED) is 0.495. The first-order valence-corrected chi connectivity index (χ1v) is 4.41. The number of hydrogen-bond acceptors (Lipinski definition) is 4. The minimum atomic E-state index is -3.19. The molecule has 0 atom stereocenters. The average molecular weight is 169 g/mol. The predicted molar refractivity (Wildman–Crippen MR) is 35.4 cm³/mol. The summed E-state index contributed by atoms with van der Waals surface area (Å²) in [5, 5.41) is 0. The summed E-state index contributed by atoms with van der Waals surface area (Å²) in [5.74, 6) is -0.240. The molecule has 0 bridgehead atoms. The first-order valence-electron chi connectivity index (χ1n) is 2.40. The number of nitrogens with zero attached hydrogens (tertiary/aromatic N) is 1. The van der Waals surface area contributed by atoms with Crippen molar-refractivity contribution in [3.63, 3.8) is 0 Å². The Morgan fingerprint density at radius 1 is 1.56 bits per heavy atom. The number of hydrogen-bond donors (Lipinski definition) is 1. The van der Waals surface area contributed by atoms with Crippen LogP contribution < -0.4 is 0 Å². The second-order valence-corrected chi connectivity index (χ2v) is 4.28. The lowest BCUT2D eigenvalue weighted by molar-refractivity contribution is 0.154. The standard InChI is InChI=1S/C3H7NO3S2/c5-9(6)3-7-2-1-4(9)8/h8H,1-3H2. The second kappa shape index (κ2) is 2.45. The molecule has 0 aromatic heterocycles. The van der Waals surface area contributed by atoms with Gasteiger partial charge in [0.05, 0.1) is 6.61 Å². The molecule has 0 aromatic rings. The molecular weight excluding hydrogens is 162 g/mol. The van der Waals surface area contributed by atoms with Crippen LogP contribution in [0.2, 0.25) is 0 Å². The molecule has 0 amide bonds. The van der Waals surface area contributed by atoms with E-state index in [9.17, 15) is 8.42 Å². The van der Waals surface area contributed by atoms with Crippen molar-refractivity contribution in [2.75, 3.05) is 19.1 Å². The molecule has 0 spiro atoms. The van der Waals surface area contributed by atoms with E-state index in [1.165, 1.54) is 0 Å². The fourth-order valence-corrected chi connectivity index (χ4v) is 1.53. The fourth-order valence-electron chi connectivity index (χ4n) is 0.507. The Balaban J connectivity index is 2.72. The highest BCUT2D eigenvalue weighted by Crippen LogP contribution is 2.09. The summed E-state index contributed by atoms with van der Waals surface area (Å²) < 4.78 is 27.1. The van der Waals surface area contributed by atoms with E-state index in [-0.39, 0.29) is 5.94 Å². The van der Waals surface area contributed by atoms with Crippen LogP contribution in [0.5, 0.6) is 0 Å². The molecule has 1 heterocycles. The van der Waals surface area contributed by atoms with Crippen LogP contribution in [0.1, 0.15) is 0 Å². The summed E-state index contributed by atoms with van der Waals surface area (Å²) in [6.07, 6.45) is 0. The van der Waals surface area contributed by atoms with Gasteiger partial charge in [0.1, 0.15) is 0 Å². The van der Waals surface area contributed by atoms with Crippen LogP contribution >= 0.6 is 12.8 Å². The number of rotatable bonds is 0. The van der Waals surface area contributed by atoms with Gasteiger partial charge in [-0.15, -0.1) is 3.71 Å². The maximum Gasteiger partial charge on any atom is 0.247 e. The molecule has 0 aliphatic carbocycles. The van der Waals surface area contributed by atoms with Gasteiger partial charge in [-0.05, 0) is 0 Å². The van der Waals surface area contributed by atoms with E-state index >= 15 is 0 Å². The Kier molecular flexibility index (Phi) is 2.00. The summed E-state index contributed by atoms with van der Waals surface area (Å²) in [7, 11) is -3.19. The minimum Gasteiger partial charge on any atom is -0.363 e. The molecule has 54 valence electrons. The highest BCUT2D eigenvalue weighted by atomic mass is 32.3. The highest BCUT2D eigenvalue weighted by molar-refractivity contribution is 7.99. The largest absolute Gasteiger partial charge is 0.363 e. The maximum absolute atomic E-state index is 10.7. The first-order chi connectivity index (χ1) is 4.13. The molecule has 1 aliphatic heterocycles. The third-order valence-electron chi connectivity index (χ3n) is 0.980. The smallest absolute Gasteiger partial charge is 0.247 e. The zero-order valence-electron chi connectivity index (χ0n) is 4.65. The van der Waals surface area contributed by atoms with Gasteiger partial charge in [-0.3, -0.25) is 0 Å². The first kappa shape index (κ1) is 7.33. The van der Waals surface area contributed by atoms with Crippen molar-refractivity contribution in [2.45, 2.75) is 0 Å². The summed E-state index contributed by atoms with van der Waals surface area (Å²) in [5.41, 5.74) is 0. The highest BCUT2D eigenvalue weighted by Gasteiger charge is 2.22. The minimum absolute atomic E-state index is 0.240. The van der Waals surface area contributed by atoms with E-state index in [1.54, 1.807) is 0 Å². The van der Waals surface area contributed by atoms with Crippen LogP contribution in [0.3, 0.4) is 0 Å². The molecule has 1 rings (SSSR count). The summed E-state index contributed by atoms with van der Waals surface area (Å²) >= 11 is 3.71. The molecular formula is C3H7NO3S2. The van der Waals surface area contributed by atoms with Gasteiger partial charge >= 0.3 is 0 Å². The zero-order chi connectivity index (χ0) is 6.91. The predicted octanol–water partition coefficient (Wildman–Crippen LogP) is -0.549. The van der Waals surface area contributed by atoms with Crippen molar-refractivity contribution in [3.8, 4) is 0 Å².